The van der Waals surface area contributed by atoms with E-state index in [4.69, 9.17) is 0 Å². The average molecular weight is 363 g/mol. The van der Waals surface area contributed by atoms with Crippen LogP contribution in [-0.2, 0) is 0 Å². The maximum absolute atomic E-state index is 12.3. The molecule has 0 saturated carbocycles. The number of amides is 1. The van der Waals surface area contributed by atoms with Crippen molar-refractivity contribution in [3.8, 4) is 0 Å². The predicted molar refractivity (Wildman–Crippen MR) is 92.4 cm³/mol. The first-order valence-electron chi connectivity index (χ1n) is 7.20. The minimum absolute atomic E-state index is 0.244. The molecule has 0 atom stereocenters. The van der Waals surface area contributed by atoms with Crippen molar-refractivity contribution in [1.29, 1.82) is 0 Å². The summed E-state index contributed by atoms with van der Waals surface area (Å²) in [7, 11) is 0. The van der Waals surface area contributed by atoms with Crippen molar-refractivity contribution in [3.63, 3.8) is 0 Å². The summed E-state index contributed by atoms with van der Waals surface area (Å²) in [6.45, 7) is 7.66. The zero-order valence-electron chi connectivity index (χ0n) is 12.9. The lowest BCUT2D eigenvalue weighted by Crippen LogP contribution is -2.25. The molecule has 1 amide bonds. The van der Waals surface area contributed by atoms with Gasteiger partial charge in [0.05, 0.1) is 0 Å². The Morgan fingerprint density at radius 1 is 1.27 bits per heavy atom. The highest BCUT2D eigenvalue weighted by Crippen LogP contribution is 2.21. The van der Waals surface area contributed by atoms with Gasteiger partial charge in [0, 0.05) is 29.4 Å². The number of halogens is 1. The summed E-state index contributed by atoms with van der Waals surface area (Å²) in [5.74, 6) is 0.328. The average Bonchev–Trinajstić information content (AvgIpc) is 2.52. The van der Waals surface area contributed by atoms with E-state index in [-0.39, 0.29) is 5.91 Å². The van der Waals surface area contributed by atoms with Gasteiger partial charge < -0.3 is 10.2 Å². The summed E-state index contributed by atoms with van der Waals surface area (Å²) < 4.78 is 0.955. The van der Waals surface area contributed by atoms with E-state index in [1.165, 1.54) is 0 Å². The third kappa shape index (κ3) is 3.82. The van der Waals surface area contributed by atoms with Crippen molar-refractivity contribution < 1.29 is 4.79 Å². The number of aryl methyl sites for hydroxylation is 1. The highest BCUT2D eigenvalue weighted by molar-refractivity contribution is 9.10. The number of benzene rings is 1. The molecule has 5 nitrogen and oxygen atoms in total. The minimum Gasteiger partial charge on any atom is -0.341 e. The van der Waals surface area contributed by atoms with Crippen LogP contribution in [0, 0.1) is 6.92 Å². The van der Waals surface area contributed by atoms with Crippen molar-refractivity contribution in [3.05, 3.63) is 46.2 Å². The number of rotatable bonds is 5. The fourth-order valence-corrected chi connectivity index (χ4v) is 2.38. The summed E-state index contributed by atoms with van der Waals surface area (Å²) in [6, 6.07) is 7.30. The summed E-state index contributed by atoms with van der Waals surface area (Å²) >= 11 is 3.46. The molecule has 0 spiro atoms. The lowest BCUT2D eigenvalue weighted by atomic mass is 10.2. The first-order valence-corrected chi connectivity index (χ1v) is 8.00. The van der Waals surface area contributed by atoms with E-state index in [0.29, 0.717) is 11.6 Å². The topological polar surface area (TPSA) is 58.1 Å². The molecular weight excluding hydrogens is 344 g/mol. The molecular formula is C16H19BrN4O. The van der Waals surface area contributed by atoms with Gasteiger partial charge in [-0.1, -0.05) is 22.0 Å². The maximum Gasteiger partial charge on any atom is 0.274 e. The van der Waals surface area contributed by atoms with E-state index >= 15 is 0 Å². The van der Waals surface area contributed by atoms with Gasteiger partial charge in [-0.2, -0.15) is 0 Å². The molecule has 2 rings (SSSR count). The second-order valence-electron chi connectivity index (χ2n) is 4.83. The molecule has 0 unspecified atom stereocenters. The van der Waals surface area contributed by atoms with E-state index < -0.39 is 0 Å². The Morgan fingerprint density at radius 2 is 2.00 bits per heavy atom. The fourth-order valence-electron chi connectivity index (χ4n) is 2.00. The van der Waals surface area contributed by atoms with Crippen LogP contribution in [0.3, 0.4) is 0 Å². The van der Waals surface area contributed by atoms with Gasteiger partial charge in [0.15, 0.2) is 0 Å². The van der Waals surface area contributed by atoms with Crippen molar-refractivity contribution in [2.75, 3.05) is 23.3 Å². The monoisotopic (exact) mass is 362 g/mol. The Kier molecular flexibility index (Phi) is 5.49. The van der Waals surface area contributed by atoms with Gasteiger partial charge in [-0.25, -0.2) is 9.97 Å². The smallest absolute Gasteiger partial charge is 0.274 e. The number of hydrogen-bond acceptors (Lipinski definition) is 4. The number of nitrogens with zero attached hydrogens (tertiary/aromatic N) is 3. The van der Waals surface area contributed by atoms with Crippen LogP contribution in [0.2, 0.25) is 0 Å². The van der Waals surface area contributed by atoms with Crippen LogP contribution in [-0.4, -0.2) is 29.0 Å². The molecule has 0 fully saturated rings. The lowest BCUT2D eigenvalue weighted by Gasteiger charge is -2.18. The zero-order chi connectivity index (χ0) is 16.1. The standard InChI is InChI=1S/C16H19BrN4O/c1-4-21(5-2)16-18-9-8-14(20-16)15(22)19-12-7-6-11(3)13(17)10-12/h6-10H,4-5H2,1-3H3,(H,19,22). The number of anilines is 2. The lowest BCUT2D eigenvalue weighted by molar-refractivity contribution is 0.102. The summed E-state index contributed by atoms with van der Waals surface area (Å²) in [5.41, 5.74) is 2.20. The van der Waals surface area contributed by atoms with Crippen molar-refractivity contribution in [1.82, 2.24) is 9.97 Å². The minimum atomic E-state index is -0.244. The van der Waals surface area contributed by atoms with Crippen LogP contribution in [0.15, 0.2) is 34.9 Å². The Balaban J connectivity index is 2.18. The molecule has 0 radical (unpaired) electrons. The molecule has 0 aliphatic heterocycles. The Hall–Kier alpha value is -1.95. The fraction of sp³-hybridized carbons (Fsp3) is 0.312. The highest BCUT2D eigenvalue weighted by Gasteiger charge is 2.12. The first-order chi connectivity index (χ1) is 10.5. The number of carbonyl (C=O) groups is 1. The Bertz CT molecular complexity index is 671. The van der Waals surface area contributed by atoms with Gasteiger partial charge in [0.2, 0.25) is 5.95 Å². The van der Waals surface area contributed by atoms with E-state index in [0.717, 1.165) is 28.8 Å². The molecule has 1 N–H and O–H groups in total. The van der Waals surface area contributed by atoms with Crippen molar-refractivity contribution in [2.24, 2.45) is 0 Å². The number of aromatic nitrogens is 2. The van der Waals surface area contributed by atoms with Crippen LogP contribution in [0.4, 0.5) is 11.6 Å². The predicted octanol–water partition coefficient (Wildman–Crippen LogP) is 3.65. The molecule has 2 aromatic rings. The molecule has 6 heteroatoms. The number of carbonyl (C=O) groups excluding carboxylic acids is 1. The van der Waals surface area contributed by atoms with E-state index in [9.17, 15) is 4.79 Å². The van der Waals surface area contributed by atoms with Crippen LogP contribution in [0.25, 0.3) is 0 Å². The number of hydrogen-bond donors (Lipinski definition) is 1. The van der Waals surface area contributed by atoms with Gasteiger partial charge in [0.1, 0.15) is 5.69 Å². The third-order valence-electron chi connectivity index (χ3n) is 3.35. The van der Waals surface area contributed by atoms with Crippen LogP contribution in [0.5, 0.6) is 0 Å². The van der Waals surface area contributed by atoms with Crippen molar-refractivity contribution >= 4 is 33.5 Å². The van der Waals surface area contributed by atoms with Crippen molar-refractivity contribution in [2.45, 2.75) is 20.8 Å². The quantitative estimate of drug-likeness (QED) is 0.881. The molecule has 0 bridgehead atoms. The van der Waals surface area contributed by atoms with E-state index in [1.807, 2.05) is 43.9 Å². The van der Waals surface area contributed by atoms with Gasteiger partial charge in [-0.15, -0.1) is 0 Å². The summed E-state index contributed by atoms with van der Waals surface area (Å²) in [5, 5.41) is 2.85. The van der Waals surface area contributed by atoms with Crippen LogP contribution >= 0.6 is 15.9 Å². The van der Waals surface area contributed by atoms with Gasteiger partial charge >= 0.3 is 0 Å². The van der Waals surface area contributed by atoms with Crippen LogP contribution in [0.1, 0.15) is 29.9 Å². The second-order valence-corrected chi connectivity index (χ2v) is 5.69. The van der Waals surface area contributed by atoms with Crippen LogP contribution < -0.4 is 10.2 Å². The zero-order valence-corrected chi connectivity index (χ0v) is 14.5. The molecule has 22 heavy (non-hydrogen) atoms. The van der Waals surface area contributed by atoms with E-state index in [1.54, 1.807) is 12.3 Å². The Morgan fingerprint density at radius 3 is 2.64 bits per heavy atom. The molecule has 0 aliphatic rings. The molecule has 1 aromatic carbocycles. The normalized spacial score (nSPS) is 10.4. The number of nitrogens with one attached hydrogen (secondary N) is 1. The second kappa shape index (κ2) is 7.35. The first kappa shape index (κ1) is 16.4. The molecule has 0 aliphatic carbocycles. The van der Waals surface area contributed by atoms with Gasteiger partial charge in [0.25, 0.3) is 5.91 Å². The largest absolute Gasteiger partial charge is 0.341 e. The van der Waals surface area contributed by atoms with E-state index in [2.05, 4.69) is 31.2 Å². The molecule has 1 heterocycles. The molecule has 1 aromatic heterocycles. The summed E-state index contributed by atoms with van der Waals surface area (Å²) in [4.78, 5) is 22.9. The SMILES string of the molecule is CCN(CC)c1nccc(C(=O)Nc2ccc(C)c(Br)c2)n1. The molecule has 0 saturated heterocycles. The van der Waals surface area contributed by atoms with Gasteiger partial charge in [-0.3, -0.25) is 4.79 Å². The highest BCUT2D eigenvalue weighted by atomic mass is 79.9. The molecule has 116 valence electrons. The third-order valence-corrected chi connectivity index (χ3v) is 4.21. The van der Waals surface area contributed by atoms with Gasteiger partial charge in [-0.05, 0) is 44.5 Å². The maximum atomic E-state index is 12.3. The summed E-state index contributed by atoms with van der Waals surface area (Å²) in [6.07, 6.45) is 1.61. The Labute approximate surface area is 138 Å².